The van der Waals surface area contributed by atoms with Crippen molar-refractivity contribution in [3.05, 3.63) is 115 Å². The Labute approximate surface area is 240 Å². The van der Waals surface area contributed by atoms with Crippen LogP contribution in [0.3, 0.4) is 0 Å². The van der Waals surface area contributed by atoms with Gasteiger partial charge in [-0.15, -0.1) is 6.58 Å². The summed E-state index contributed by atoms with van der Waals surface area (Å²) in [7, 11) is 1.54. The number of aromatic nitrogens is 2. The Hall–Kier alpha value is -4.31. The Bertz CT molecular complexity index is 1670. The molecule has 4 rings (SSSR count). The van der Waals surface area contributed by atoms with Gasteiger partial charge in [0, 0.05) is 27.6 Å². The highest BCUT2D eigenvalue weighted by Crippen LogP contribution is 2.34. The third-order valence-corrected chi connectivity index (χ3v) is 6.56. The second kappa shape index (κ2) is 11.8. The van der Waals surface area contributed by atoms with Crippen LogP contribution in [-0.4, -0.2) is 27.9 Å². The van der Waals surface area contributed by atoms with E-state index in [4.69, 9.17) is 14.5 Å². The molecule has 0 atom stereocenters. The molecule has 9 nitrogen and oxygen atoms in total. The van der Waals surface area contributed by atoms with Crippen molar-refractivity contribution in [3.63, 3.8) is 0 Å². The van der Waals surface area contributed by atoms with Crippen LogP contribution in [0.1, 0.15) is 43.3 Å². The Kier molecular flexibility index (Phi) is 8.49. The number of allylic oxidation sites excluding steroid dienone is 1. The molecule has 0 N–H and O–H groups in total. The smallest absolute Gasteiger partial charge is 0.282 e. The molecule has 10 heteroatoms. The maximum atomic E-state index is 13.5. The van der Waals surface area contributed by atoms with Crippen LogP contribution in [0.5, 0.6) is 11.5 Å². The Morgan fingerprint density at radius 3 is 2.50 bits per heavy atom. The third-order valence-electron chi connectivity index (χ3n) is 6.07. The van der Waals surface area contributed by atoms with Crippen LogP contribution < -0.4 is 15.0 Å². The molecule has 206 valence electrons. The van der Waals surface area contributed by atoms with Gasteiger partial charge in [-0.1, -0.05) is 42.8 Å². The highest BCUT2D eigenvalue weighted by molar-refractivity contribution is 9.10. The molecule has 0 aliphatic heterocycles. The van der Waals surface area contributed by atoms with E-state index in [1.165, 1.54) is 16.8 Å². The number of methoxy groups -OCH3 is 1. The SMILES string of the molecule is C=CCc1cc(C=Nn2c(C(C)(C)C)nc3ccc(Br)cc3c2=O)cc(OC)c1OCc1ccc([N+](=O)[O-])cc1. The number of halogens is 1. The van der Waals surface area contributed by atoms with Gasteiger partial charge in [-0.2, -0.15) is 9.78 Å². The van der Waals surface area contributed by atoms with Gasteiger partial charge in [0.15, 0.2) is 11.5 Å². The lowest BCUT2D eigenvalue weighted by molar-refractivity contribution is -0.384. The van der Waals surface area contributed by atoms with E-state index < -0.39 is 10.3 Å². The molecule has 3 aromatic carbocycles. The van der Waals surface area contributed by atoms with Gasteiger partial charge in [0.25, 0.3) is 11.2 Å². The van der Waals surface area contributed by atoms with Crippen molar-refractivity contribution in [2.75, 3.05) is 7.11 Å². The van der Waals surface area contributed by atoms with Gasteiger partial charge in [-0.05, 0) is 60.0 Å². The number of nitro benzene ring substituents is 1. The number of non-ortho nitro benzene ring substituents is 1. The van der Waals surface area contributed by atoms with Crippen LogP contribution in [0, 0.1) is 10.1 Å². The van der Waals surface area contributed by atoms with Crippen LogP contribution in [0.25, 0.3) is 10.9 Å². The average Bonchev–Trinajstić information content (AvgIpc) is 2.91. The van der Waals surface area contributed by atoms with E-state index in [0.717, 1.165) is 15.6 Å². The molecule has 0 bridgehead atoms. The van der Waals surface area contributed by atoms with Crippen LogP contribution in [-0.2, 0) is 18.4 Å². The Morgan fingerprint density at radius 1 is 1.15 bits per heavy atom. The summed E-state index contributed by atoms with van der Waals surface area (Å²) in [5.41, 5.74) is 2.17. The summed E-state index contributed by atoms with van der Waals surface area (Å²) in [6.45, 7) is 9.98. The topological polar surface area (TPSA) is 109 Å². The maximum absolute atomic E-state index is 13.5. The minimum atomic E-state index is -0.445. The van der Waals surface area contributed by atoms with Crippen molar-refractivity contribution in [1.29, 1.82) is 0 Å². The lowest BCUT2D eigenvalue weighted by Crippen LogP contribution is -2.29. The summed E-state index contributed by atoms with van der Waals surface area (Å²) in [6, 6.07) is 15.3. The monoisotopic (exact) mass is 604 g/mol. The van der Waals surface area contributed by atoms with Gasteiger partial charge in [-0.3, -0.25) is 14.9 Å². The van der Waals surface area contributed by atoms with Crippen molar-refractivity contribution in [2.24, 2.45) is 5.10 Å². The van der Waals surface area contributed by atoms with Crippen molar-refractivity contribution >= 4 is 38.7 Å². The zero-order valence-electron chi connectivity index (χ0n) is 22.7. The Balaban J connectivity index is 1.73. The van der Waals surface area contributed by atoms with Crippen LogP contribution >= 0.6 is 15.9 Å². The van der Waals surface area contributed by atoms with Crippen LogP contribution in [0.2, 0.25) is 0 Å². The first-order valence-electron chi connectivity index (χ1n) is 12.5. The Morgan fingerprint density at radius 2 is 1.88 bits per heavy atom. The lowest BCUT2D eigenvalue weighted by Gasteiger charge is -2.21. The van der Waals surface area contributed by atoms with Crippen molar-refractivity contribution in [1.82, 2.24) is 9.66 Å². The summed E-state index contributed by atoms with van der Waals surface area (Å²) < 4.78 is 13.9. The minimum Gasteiger partial charge on any atom is -0.493 e. The second-order valence-electron chi connectivity index (χ2n) is 10.1. The average molecular weight is 605 g/mol. The molecule has 40 heavy (non-hydrogen) atoms. The zero-order chi connectivity index (χ0) is 29.0. The molecule has 0 unspecified atom stereocenters. The lowest BCUT2D eigenvalue weighted by atomic mass is 9.95. The van der Waals surface area contributed by atoms with E-state index in [9.17, 15) is 14.9 Å². The fourth-order valence-corrected chi connectivity index (χ4v) is 4.48. The number of fused-ring (bicyclic) bond motifs is 1. The molecule has 4 aromatic rings. The number of rotatable bonds is 9. The highest BCUT2D eigenvalue weighted by Gasteiger charge is 2.23. The van der Waals surface area contributed by atoms with Gasteiger partial charge < -0.3 is 9.47 Å². The molecule has 0 fully saturated rings. The highest BCUT2D eigenvalue weighted by atomic mass is 79.9. The van der Waals surface area contributed by atoms with Crippen molar-refractivity contribution < 1.29 is 14.4 Å². The number of hydrogen-bond donors (Lipinski definition) is 0. The molecule has 0 spiro atoms. The van der Waals surface area contributed by atoms with Gasteiger partial charge in [0.05, 0.1) is 29.2 Å². The van der Waals surface area contributed by atoms with Crippen molar-refractivity contribution in [2.45, 2.75) is 39.2 Å². The summed E-state index contributed by atoms with van der Waals surface area (Å²) in [4.78, 5) is 28.7. The van der Waals surface area contributed by atoms with Gasteiger partial charge >= 0.3 is 0 Å². The van der Waals surface area contributed by atoms with Gasteiger partial charge in [-0.25, -0.2) is 4.98 Å². The number of nitrogens with zero attached hydrogens (tertiary/aromatic N) is 4. The molecule has 1 aromatic heterocycles. The molecule has 0 amide bonds. The molecule has 1 heterocycles. The summed E-state index contributed by atoms with van der Waals surface area (Å²) in [6.07, 6.45) is 3.84. The predicted octanol–water partition coefficient (Wildman–Crippen LogP) is 6.56. The fourth-order valence-electron chi connectivity index (χ4n) is 4.12. The van der Waals surface area contributed by atoms with E-state index in [0.29, 0.717) is 40.2 Å². The van der Waals surface area contributed by atoms with E-state index in [1.807, 2.05) is 39.0 Å². The predicted molar refractivity (Wildman–Crippen MR) is 160 cm³/mol. The third kappa shape index (κ3) is 6.28. The fraction of sp³-hybridized carbons (Fsp3) is 0.233. The molecule has 0 radical (unpaired) electrons. The normalized spacial score (nSPS) is 11.6. The van der Waals surface area contributed by atoms with E-state index in [2.05, 4.69) is 27.6 Å². The van der Waals surface area contributed by atoms with Gasteiger partial charge in [0.1, 0.15) is 12.4 Å². The summed E-state index contributed by atoms with van der Waals surface area (Å²) in [5.74, 6) is 1.54. The first-order valence-corrected chi connectivity index (χ1v) is 13.3. The maximum Gasteiger partial charge on any atom is 0.282 e. The molecule has 0 saturated heterocycles. The minimum absolute atomic E-state index is 0.0142. The number of hydrogen-bond acceptors (Lipinski definition) is 7. The van der Waals surface area contributed by atoms with Crippen LogP contribution in [0.4, 0.5) is 5.69 Å². The molecule has 0 aliphatic carbocycles. The first-order chi connectivity index (χ1) is 19.0. The largest absolute Gasteiger partial charge is 0.493 e. The van der Waals surface area contributed by atoms with Crippen molar-refractivity contribution in [3.8, 4) is 11.5 Å². The summed E-state index contributed by atoms with van der Waals surface area (Å²) >= 11 is 3.43. The molecule has 0 aliphatic rings. The molecule has 0 saturated carbocycles. The summed E-state index contributed by atoms with van der Waals surface area (Å²) in [5, 5.41) is 16.0. The number of ether oxygens (including phenoxy) is 2. The molecular formula is C30H29BrN4O5. The van der Waals surface area contributed by atoms with E-state index in [1.54, 1.807) is 43.7 Å². The van der Waals surface area contributed by atoms with E-state index >= 15 is 0 Å². The second-order valence-corrected chi connectivity index (χ2v) is 11.0. The van der Waals surface area contributed by atoms with E-state index in [-0.39, 0.29) is 17.9 Å². The first kappa shape index (κ1) is 28.7. The quantitative estimate of drug-likeness (QED) is 0.0925. The van der Waals surface area contributed by atoms with Gasteiger partial charge in [0.2, 0.25) is 0 Å². The number of nitro groups is 1. The standard InChI is InChI=1S/C30H29BrN4O5/c1-6-7-21-14-20(15-26(39-5)27(21)40-18-19-8-11-23(12-9-19)35(37)38)17-32-34-28(36)24-16-22(31)10-13-25(24)33-29(34)30(2,3)4/h6,8-17H,1,7,18H2,2-5H3. The van der Waals surface area contributed by atoms with Crippen LogP contribution in [0.15, 0.2) is 81.6 Å². The molecular weight excluding hydrogens is 576 g/mol. The number of benzene rings is 3. The zero-order valence-corrected chi connectivity index (χ0v) is 24.3.